The minimum absolute atomic E-state index is 0.260. The van der Waals surface area contributed by atoms with Crippen LogP contribution in [0.5, 0.6) is 0 Å². The Morgan fingerprint density at radius 2 is 1.87 bits per heavy atom. The molecule has 80 valence electrons. The second kappa shape index (κ2) is 3.27. The molecule has 1 aromatic heterocycles. The van der Waals surface area contributed by atoms with Gasteiger partial charge in [0.15, 0.2) is 6.04 Å². The number of nitrogens with two attached hydrogens (primary N) is 1. The third-order valence-corrected chi connectivity index (χ3v) is 2.10. The van der Waals surface area contributed by atoms with Crippen molar-refractivity contribution < 1.29 is 17.6 Å². The molecular weight excluding hydrogens is 207 g/mol. The van der Waals surface area contributed by atoms with E-state index in [0.29, 0.717) is 11.0 Å². The lowest BCUT2D eigenvalue weighted by Crippen LogP contribution is -2.27. The van der Waals surface area contributed by atoms with E-state index < -0.39 is 12.2 Å². The normalized spacial score (nSPS) is 14.4. The van der Waals surface area contributed by atoms with Gasteiger partial charge in [-0.2, -0.15) is 13.2 Å². The Morgan fingerprint density at radius 1 is 1.20 bits per heavy atom. The Labute approximate surface area is 83.5 Å². The van der Waals surface area contributed by atoms with Crippen LogP contribution in [-0.4, -0.2) is 6.18 Å². The smallest absolute Gasteiger partial charge is 0.410 e. The van der Waals surface area contributed by atoms with Gasteiger partial charge in [0.05, 0.1) is 0 Å². The molecule has 15 heavy (non-hydrogen) atoms. The number of halogens is 3. The van der Waals surface area contributed by atoms with Crippen LogP contribution in [-0.2, 0) is 0 Å². The molecule has 1 aromatic carbocycles. The van der Waals surface area contributed by atoms with E-state index >= 15 is 0 Å². The monoisotopic (exact) mass is 215 g/mol. The van der Waals surface area contributed by atoms with Crippen molar-refractivity contribution in [2.24, 2.45) is 5.73 Å². The summed E-state index contributed by atoms with van der Waals surface area (Å²) in [5, 5.41) is 0.618. The van der Waals surface area contributed by atoms with E-state index in [1.165, 1.54) is 6.07 Å². The van der Waals surface area contributed by atoms with Crippen molar-refractivity contribution in [1.29, 1.82) is 0 Å². The molecule has 2 nitrogen and oxygen atoms in total. The highest BCUT2D eigenvalue weighted by Crippen LogP contribution is 2.33. The van der Waals surface area contributed by atoms with Crippen molar-refractivity contribution in [2.75, 3.05) is 0 Å². The summed E-state index contributed by atoms with van der Waals surface area (Å²) in [6, 6.07) is 5.93. The van der Waals surface area contributed by atoms with Crippen LogP contribution < -0.4 is 5.73 Å². The summed E-state index contributed by atoms with van der Waals surface area (Å²) in [5.74, 6) is -0.260. The zero-order chi connectivity index (χ0) is 11.1. The van der Waals surface area contributed by atoms with E-state index in [2.05, 4.69) is 0 Å². The molecule has 1 heterocycles. The number of benzene rings is 1. The molecule has 0 fully saturated rings. The maximum Gasteiger partial charge on any atom is 0.410 e. The van der Waals surface area contributed by atoms with Crippen LogP contribution in [0.4, 0.5) is 13.2 Å². The topological polar surface area (TPSA) is 39.2 Å². The summed E-state index contributed by atoms with van der Waals surface area (Å²) in [5.41, 5.74) is 5.43. The van der Waals surface area contributed by atoms with Crippen molar-refractivity contribution in [3.8, 4) is 0 Å². The predicted octanol–water partition coefficient (Wildman–Crippen LogP) is 2.99. The average Bonchev–Trinajstić information content (AvgIpc) is 2.58. The van der Waals surface area contributed by atoms with E-state index in [4.69, 9.17) is 10.2 Å². The van der Waals surface area contributed by atoms with Gasteiger partial charge in [-0.05, 0) is 12.1 Å². The van der Waals surface area contributed by atoms with Gasteiger partial charge in [0, 0.05) is 5.39 Å². The highest BCUT2D eigenvalue weighted by molar-refractivity contribution is 5.77. The fourth-order valence-electron chi connectivity index (χ4n) is 1.32. The molecule has 2 aromatic rings. The van der Waals surface area contributed by atoms with Crippen molar-refractivity contribution in [1.82, 2.24) is 0 Å². The van der Waals surface area contributed by atoms with Crippen molar-refractivity contribution >= 4 is 11.0 Å². The molecule has 0 saturated carbocycles. The largest absolute Gasteiger partial charge is 0.459 e. The molecule has 0 aliphatic heterocycles. The second-order valence-electron chi connectivity index (χ2n) is 3.21. The van der Waals surface area contributed by atoms with Crippen molar-refractivity contribution in [3.05, 3.63) is 36.1 Å². The molecular formula is C10H8F3NO. The standard InChI is InChI=1S/C10H8F3NO/c11-10(12,13)9(14)8-5-6-3-1-2-4-7(6)15-8/h1-5,9H,14H2/t9-/m1/s1. The van der Waals surface area contributed by atoms with Gasteiger partial charge in [-0.1, -0.05) is 18.2 Å². The molecule has 0 bridgehead atoms. The van der Waals surface area contributed by atoms with E-state index in [1.54, 1.807) is 24.3 Å². The van der Waals surface area contributed by atoms with Gasteiger partial charge in [-0.25, -0.2) is 0 Å². The Balaban J connectivity index is 2.45. The van der Waals surface area contributed by atoms with E-state index in [1.807, 2.05) is 0 Å². The van der Waals surface area contributed by atoms with Crippen LogP contribution >= 0.6 is 0 Å². The SMILES string of the molecule is N[C@H](c1cc2ccccc2o1)C(F)(F)F. The molecule has 0 saturated heterocycles. The minimum atomic E-state index is -4.48. The van der Waals surface area contributed by atoms with E-state index in [9.17, 15) is 13.2 Å². The minimum Gasteiger partial charge on any atom is -0.459 e. The Morgan fingerprint density at radius 3 is 2.47 bits per heavy atom. The number of hydrogen-bond donors (Lipinski definition) is 1. The van der Waals surface area contributed by atoms with Gasteiger partial charge in [0.2, 0.25) is 0 Å². The molecule has 2 rings (SSSR count). The van der Waals surface area contributed by atoms with Crippen LogP contribution in [0, 0.1) is 0 Å². The van der Waals surface area contributed by atoms with Gasteiger partial charge >= 0.3 is 6.18 Å². The summed E-state index contributed by atoms with van der Waals surface area (Å²) in [6.07, 6.45) is -4.48. The van der Waals surface area contributed by atoms with Gasteiger partial charge in [-0.15, -0.1) is 0 Å². The number of furan rings is 1. The predicted molar refractivity (Wildman–Crippen MR) is 49.2 cm³/mol. The zero-order valence-corrected chi connectivity index (χ0v) is 7.58. The van der Waals surface area contributed by atoms with Crippen LogP contribution in [0.1, 0.15) is 11.8 Å². The third-order valence-electron chi connectivity index (χ3n) is 2.10. The van der Waals surface area contributed by atoms with Gasteiger partial charge in [-0.3, -0.25) is 0 Å². The van der Waals surface area contributed by atoms with Gasteiger partial charge in [0.25, 0.3) is 0 Å². The molecule has 0 spiro atoms. The fourth-order valence-corrected chi connectivity index (χ4v) is 1.32. The maximum absolute atomic E-state index is 12.3. The third kappa shape index (κ3) is 1.83. The lowest BCUT2D eigenvalue weighted by Gasteiger charge is -2.12. The first-order chi connectivity index (χ1) is 6.98. The lowest BCUT2D eigenvalue weighted by atomic mass is 10.2. The second-order valence-corrected chi connectivity index (χ2v) is 3.21. The van der Waals surface area contributed by atoms with Crippen LogP contribution in [0.15, 0.2) is 34.7 Å². The quantitative estimate of drug-likeness (QED) is 0.794. The Hall–Kier alpha value is -1.49. The first kappa shape index (κ1) is 10.0. The molecule has 0 aliphatic rings. The lowest BCUT2D eigenvalue weighted by molar-refractivity contribution is -0.152. The highest BCUT2D eigenvalue weighted by Gasteiger charge is 2.40. The van der Waals surface area contributed by atoms with E-state index in [0.717, 1.165) is 0 Å². The molecule has 0 amide bonds. The Kier molecular flexibility index (Phi) is 2.19. The number of fused-ring (bicyclic) bond motifs is 1. The number of rotatable bonds is 1. The number of para-hydroxylation sites is 1. The van der Waals surface area contributed by atoms with Crippen molar-refractivity contribution in [3.63, 3.8) is 0 Å². The molecule has 1 atom stereocenters. The average molecular weight is 215 g/mol. The first-order valence-electron chi connectivity index (χ1n) is 4.29. The summed E-state index contributed by atoms with van der Waals surface area (Å²) >= 11 is 0. The van der Waals surface area contributed by atoms with Gasteiger partial charge in [0.1, 0.15) is 11.3 Å². The van der Waals surface area contributed by atoms with Crippen LogP contribution in [0.25, 0.3) is 11.0 Å². The van der Waals surface area contributed by atoms with Crippen LogP contribution in [0.3, 0.4) is 0 Å². The molecule has 0 aliphatic carbocycles. The number of hydrogen-bond acceptors (Lipinski definition) is 2. The zero-order valence-electron chi connectivity index (χ0n) is 7.58. The molecule has 2 N–H and O–H groups in total. The first-order valence-corrected chi connectivity index (χ1v) is 4.29. The van der Waals surface area contributed by atoms with Crippen molar-refractivity contribution in [2.45, 2.75) is 12.2 Å². The fraction of sp³-hybridized carbons (Fsp3) is 0.200. The summed E-state index contributed by atoms with van der Waals surface area (Å²) in [4.78, 5) is 0. The van der Waals surface area contributed by atoms with Crippen LogP contribution in [0.2, 0.25) is 0 Å². The molecule has 5 heteroatoms. The molecule has 0 radical (unpaired) electrons. The molecule has 0 unspecified atom stereocenters. The van der Waals surface area contributed by atoms with Gasteiger partial charge < -0.3 is 10.2 Å². The summed E-state index contributed by atoms with van der Waals surface area (Å²) < 4.78 is 41.8. The Bertz CT molecular complexity index is 442. The summed E-state index contributed by atoms with van der Waals surface area (Å²) in [6.45, 7) is 0. The number of alkyl halides is 3. The summed E-state index contributed by atoms with van der Waals surface area (Å²) in [7, 11) is 0. The maximum atomic E-state index is 12.3. The van der Waals surface area contributed by atoms with E-state index in [-0.39, 0.29) is 5.76 Å². The highest BCUT2D eigenvalue weighted by atomic mass is 19.4.